The highest BCUT2D eigenvalue weighted by Crippen LogP contribution is 2.39. The van der Waals surface area contributed by atoms with Crippen molar-refractivity contribution in [3.05, 3.63) is 17.5 Å². The number of hydrogen-bond acceptors (Lipinski definition) is 5. The third kappa shape index (κ3) is 2.53. The molecule has 0 aliphatic carbocycles. The van der Waals surface area contributed by atoms with Gasteiger partial charge >= 0.3 is 0 Å². The van der Waals surface area contributed by atoms with Crippen LogP contribution in [0.1, 0.15) is 42.4 Å². The van der Waals surface area contributed by atoms with Crippen molar-refractivity contribution in [2.45, 2.75) is 50.4 Å². The SMILES string of the molecule is Cc1cc(C(=O)N2CCC3(CC2)OCC[C@@](C)(O)[C@@H]3O)n[nH]1. The fourth-order valence-corrected chi connectivity index (χ4v) is 3.44. The molecular formula is C15H23N3O4. The summed E-state index contributed by atoms with van der Waals surface area (Å²) in [4.78, 5) is 14.1. The molecule has 2 atom stereocenters. The van der Waals surface area contributed by atoms with Crippen LogP contribution in [0.25, 0.3) is 0 Å². The van der Waals surface area contributed by atoms with Crippen LogP contribution in [0.4, 0.5) is 0 Å². The highest BCUT2D eigenvalue weighted by molar-refractivity contribution is 5.92. The number of nitrogens with zero attached hydrogens (tertiary/aromatic N) is 2. The Balaban J connectivity index is 1.68. The first-order valence-corrected chi connectivity index (χ1v) is 7.70. The fraction of sp³-hybridized carbons (Fsp3) is 0.733. The molecule has 1 spiro atoms. The maximum Gasteiger partial charge on any atom is 0.274 e. The third-order valence-corrected chi connectivity index (χ3v) is 4.91. The van der Waals surface area contributed by atoms with Gasteiger partial charge < -0.3 is 19.8 Å². The summed E-state index contributed by atoms with van der Waals surface area (Å²) in [6.07, 6.45) is 0.517. The van der Waals surface area contributed by atoms with E-state index >= 15 is 0 Å². The summed E-state index contributed by atoms with van der Waals surface area (Å²) in [7, 11) is 0. The molecule has 2 aliphatic rings. The van der Waals surface area contributed by atoms with Gasteiger partial charge in [-0.25, -0.2) is 0 Å². The lowest BCUT2D eigenvalue weighted by Gasteiger charge is -2.51. The van der Waals surface area contributed by atoms with Crippen LogP contribution in [0.2, 0.25) is 0 Å². The van der Waals surface area contributed by atoms with Crippen LogP contribution in [-0.2, 0) is 4.74 Å². The highest BCUT2D eigenvalue weighted by Gasteiger charge is 2.52. The van der Waals surface area contributed by atoms with Crippen molar-refractivity contribution < 1.29 is 19.7 Å². The fourth-order valence-electron chi connectivity index (χ4n) is 3.44. The number of aliphatic hydroxyl groups is 2. The van der Waals surface area contributed by atoms with Gasteiger partial charge in [-0.2, -0.15) is 5.10 Å². The smallest absolute Gasteiger partial charge is 0.274 e. The zero-order chi connectivity index (χ0) is 16.0. The van der Waals surface area contributed by atoms with Gasteiger partial charge in [-0.15, -0.1) is 0 Å². The van der Waals surface area contributed by atoms with Gasteiger partial charge in [0, 0.05) is 25.2 Å². The number of piperidine rings is 1. The summed E-state index contributed by atoms with van der Waals surface area (Å²) in [5, 5.41) is 27.5. The topological polar surface area (TPSA) is 98.7 Å². The number of H-pyrrole nitrogens is 1. The number of likely N-dealkylation sites (tertiary alicyclic amines) is 1. The predicted molar refractivity (Wildman–Crippen MR) is 78.4 cm³/mol. The molecule has 0 saturated carbocycles. The minimum atomic E-state index is -1.14. The molecule has 2 saturated heterocycles. The number of ether oxygens (including phenoxy) is 1. The van der Waals surface area contributed by atoms with Gasteiger partial charge in [0.2, 0.25) is 0 Å². The van der Waals surface area contributed by atoms with Crippen LogP contribution in [0.5, 0.6) is 0 Å². The number of aryl methyl sites for hydroxylation is 1. The Labute approximate surface area is 129 Å². The number of aromatic nitrogens is 2. The van der Waals surface area contributed by atoms with E-state index in [1.165, 1.54) is 0 Å². The van der Waals surface area contributed by atoms with E-state index in [2.05, 4.69) is 10.2 Å². The first kappa shape index (κ1) is 15.5. The Kier molecular flexibility index (Phi) is 3.74. The van der Waals surface area contributed by atoms with Gasteiger partial charge in [0.25, 0.3) is 5.91 Å². The van der Waals surface area contributed by atoms with Crippen molar-refractivity contribution >= 4 is 5.91 Å². The summed E-state index contributed by atoms with van der Waals surface area (Å²) < 4.78 is 5.82. The number of amides is 1. The monoisotopic (exact) mass is 309 g/mol. The lowest BCUT2D eigenvalue weighted by molar-refractivity contribution is -0.244. The maximum atomic E-state index is 12.4. The molecule has 7 nitrogen and oxygen atoms in total. The van der Waals surface area contributed by atoms with Crippen LogP contribution in [-0.4, -0.2) is 68.2 Å². The van der Waals surface area contributed by atoms with Gasteiger partial charge in [0.1, 0.15) is 17.4 Å². The molecule has 0 unspecified atom stereocenters. The molecule has 2 fully saturated rings. The van der Waals surface area contributed by atoms with E-state index in [-0.39, 0.29) is 5.91 Å². The second-order valence-corrected chi connectivity index (χ2v) is 6.65. The lowest BCUT2D eigenvalue weighted by atomic mass is 9.75. The third-order valence-electron chi connectivity index (χ3n) is 4.91. The van der Waals surface area contributed by atoms with Crippen LogP contribution in [0.15, 0.2) is 6.07 Å². The molecule has 1 aromatic heterocycles. The molecule has 3 rings (SSSR count). The minimum Gasteiger partial charge on any atom is -0.387 e. The highest BCUT2D eigenvalue weighted by atomic mass is 16.5. The number of aromatic amines is 1. The van der Waals surface area contributed by atoms with Gasteiger partial charge in [-0.3, -0.25) is 9.89 Å². The molecule has 3 N–H and O–H groups in total. The van der Waals surface area contributed by atoms with Crippen LogP contribution < -0.4 is 0 Å². The lowest BCUT2D eigenvalue weighted by Crippen LogP contribution is -2.64. The van der Waals surface area contributed by atoms with E-state index in [9.17, 15) is 15.0 Å². The number of carbonyl (C=O) groups excluding carboxylic acids is 1. The molecule has 0 aromatic carbocycles. The number of rotatable bonds is 1. The molecule has 1 amide bonds. The van der Waals surface area contributed by atoms with Crippen LogP contribution in [0.3, 0.4) is 0 Å². The quantitative estimate of drug-likeness (QED) is 0.689. The van der Waals surface area contributed by atoms with Gasteiger partial charge in [-0.1, -0.05) is 0 Å². The van der Waals surface area contributed by atoms with Gasteiger partial charge in [0.15, 0.2) is 0 Å². The average molecular weight is 309 g/mol. The summed E-state index contributed by atoms with van der Waals surface area (Å²) in [5.74, 6) is -0.115. The first-order valence-electron chi connectivity index (χ1n) is 7.70. The van der Waals surface area contributed by atoms with Crippen molar-refractivity contribution in [2.75, 3.05) is 19.7 Å². The number of hydrogen-bond donors (Lipinski definition) is 3. The summed E-state index contributed by atoms with van der Waals surface area (Å²) in [5.41, 5.74) is -0.631. The Hall–Kier alpha value is -1.44. The minimum absolute atomic E-state index is 0.115. The molecule has 2 aliphatic heterocycles. The molecule has 3 heterocycles. The molecule has 7 heteroatoms. The average Bonchev–Trinajstić information content (AvgIpc) is 2.91. The van der Waals surface area contributed by atoms with E-state index in [0.717, 1.165) is 5.69 Å². The van der Waals surface area contributed by atoms with E-state index in [0.29, 0.717) is 44.7 Å². The van der Waals surface area contributed by atoms with Crippen molar-refractivity contribution in [3.63, 3.8) is 0 Å². The van der Waals surface area contributed by atoms with Crippen molar-refractivity contribution in [3.8, 4) is 0 Å². The molecule has 22 heavy (non-hydrogen) atoms. The van der Waals surface area contributed by atoms with E-state index in [1.54, 1.807) is 17.9 Å². The molecular weight excluding hydrogens is 286 g/mol. The normalized spacial score (nSPS) is 31.5. The second kappa shape index (κ2) is 5.33. The number of nitrogens with one attached hydrogen (secondary N) is 1. The number of carbonyl (C=O) groups is 1. The summed E-state index contributed by atoms with van der Waals surface area (Å²) >= 11 is 0. The van der Waals surface area contributed by atoms with Gasteiger partial charge in [-0.05, 0) is 32.8 Å². The van der Waals surface area contributed by atoms with E-state index < -0.39 is 17.3 Å². The Morgan fingerprint density at radius 1 is 1.45 bits per heavy atom. The van der Waals surface area contributed by atoms with Crippen molar-refractivity contribution in [2.24, 2.45) is 0 Å². The van der Waals surface area contributed by atoms with Crippen LogP contribution >= 0.6 is 0 Å². The Morgan fingerprint density at radius 3 is 2.73 bits per heavy atom. The predicted octanol–water partition coefficient (Wildman–Crippen LogP) is 0.225. The molecule has 0 radical (unpaired) electrons. The van der Waals surface area contributed by atoms with Crippen LogP contribution in [0, 0.1) is 6.92 Å². The summed E-state index contributed by atoms with van der Waals surface area (Å²) in [6.45, 7) is 4.89. The molecule has 1 aromatic rings. The summed E-state index contributed by atoms with van der Waals surface area (Å²) in [6, 6.07) is 1.73. The van der Waals surface area contributed by atoms with E-state index in [4.69, 9.17) is 4.74 Å². The van der Waals surface area contributed by atoms with Crippen molar-refractivity contribution in [1.82, 2.24) is 15.1 Å². The standard InChI is InChI=1S/C15H23N3O4/c1-10-9-11(17-16-10)12(19)18-6-3-15(4-7-18)13(20)14(2,21)5-8-22-15/h9,13,20-21H,3-8H2,1-2H3,(H,16,17)/t13-,14+/m0/s1. The zero-order valence-corrected chi connectivity index (χ0v) is 13.0. The second-order valence-electron chi connectivity index (χ2n) is 6.65. The van der Waals surface area contributed by atoms with Crippen molar-refractivity contribution in [1.29, 1.82) is 0 Å². The molecule has 122 valence electrons. The van der Waals surface area contributed by atoms with Gasteiger partial charge in [0.05, 0.1) is 12.2 Å². The maximum absolute atomic E-state index is 12.4. The Bertz CT molecular complexity index is 561. The number of aliphatic hydroxyl groups excluding tert-OH is 1. The Morgan fingerprint density at radius 2 is 2.14 bits per heavy atom. The first-order chi connectivity index (χ1) is 10.3. The zero-order valence-electron chi connectivity index (χ0n) is 13.0. The largest absolute Gasteiger partial charge is 0.387 e. The molecule has 0 bridgehead atoms. The van der Waals surface area contributed by atoms with E-state index in [1.807, 2.05) is 6.92 Å².